The van der Waals surface area contributed by atoms with Crippen molar-refractivity contribution in [3.8, 4) is 0 Å². The Hall–Kier alpha value is -2.37. The van der Waals surface area contributed by atoms with Crippen LogP contribution in [0.25, 0.3) is 0 Å². The van der Waals surface area contributed by atoms with Crippen LogP contribution in [-0.4, -0.2) is 59.9 Å². The first-order chi connectivity index (χ1) is 14.4. The fraction of sp³-hybridized carbons (Fsp3) is 0.625. The number of ether oxygens (including phenoxy) is 1. The van der Waals surface area contributed by atoms with Crippen molar-refractivity contribution >= 4 is 17.8 Å². The van der Waals surface area contributed by atoms with Crippen LogP contribution < -0.4 is 0 Å². The van der Waals surface area contributed by atoms with Gasteiger partial charge in [0.15, 0.2) is 6.10 Å². The maximum Gasteiger partial charge on any atom is 0.309 e. The molecule has 0 spiro atoms. The van der Waals surface area contributed by atoms with Gasteiger partial charge in [-0.1, -0.05) is 37.5 Å². The zero-order valence-corrected chi connectivity index (χ0v) is 18.4. The molecule has 0 aromatic heterocycles. The first-order valence-corrected chi connectivity index (χ1v) is 11.2. The Labute approximate surface area is 179 Å². The number of benzene rings is 1. The number of hydrogen-bond acceptors (Lipinski definition) is 4. The Bertz CT molecular complexity index is 764. The molecular formula is C24H34N2O4. The molecule has 1 saturated heterocycles. The molecule has 1 unspecified atom stereocenters. The average Bonchev–Trinajstić information content (AvgIpc) is 2.78. The number of aryl methyl sites for hydroxylation is 1. The molecule has 0 radical (unpaired) electrons. The summed E-state index contributed by atoms with van der Waals surface area (Å²) >= 11 is 0. The van der Waals surface area contributed by atoms with Crippen LogP contribution in [0.15, 0.2) is 24.3 Å². The highest BCUT2D eigenvalue weighted by atomic mass is 16.5. The molecule has 0 bridgehead atoms. The lowest BCUT2D eigenvalue weighted by Crippen LogP contribution is -2.45. The molecule has 1 aromatic carbocycles. The van der Waals surface area contributed by atoms with Crippen LogP contribution in [-0.2, 0) is 14.3 Å². The zero-order valence-electron chi connectivity index (χ0n) is 18.4. The SMILES string of the molecule is Cc1ccccc1C(=O)N1CCC(C(=O)OC(C)C(=O)N(C)C2CCCCC2)CC1. The van der Waals surface area contributed by atoms with Crippen LogP contribution in [0.3, 0.4) is 0 Å². The molecule has 2 fully saturated rings. The number of likely N-dealkylation sites (N-methyl/N-ethyl adjacent to an activating group) is 1. The number of rotatable bonds is 5. The van der Waals surface area contributed by atoms with Crippen LogP contribution >= 0.6 is 0 Å². The number of esters is 1. The van der Waals surface area contributed by atoms with Crippen molar-refractivity contribution in [3.63, 3.8) is 0 Å². The third-order valence-electron chi connectivity index (χ3n) is 6.60. The van der Waals surface area contributed by atoms with Crippen LogP contribution in [0, 0.1) is 12.8 Å². The number of likely N-dealkylation sites (tertiary alicyclic amines) is 1. The fourth-order valence-electron chi connectivity index (χ4n) is 4.56. The van der Waals surface area contributed by atoms with E-state index in [1.165, 1.54) is 6.42 Å². The quantitative estimate of drug-likeness (QED) is 0.691. The molecule has 6 nitrogen and oxygen atoms in total. The van der Waals surface area contributed by atoms with E-state index in [0.29, 0.717) is 31.5 Å². The summed E-state index contributed by atoms with van der Waals surface area (Å²) in [6.07, 6.45) is 5.94. The van der Waals surface area contributed by atoms with E-state index < -0.39 is 6.10 Å². The second kappa shape index (κ2) is 10.1. The molecule has 1 aliphatic heterocycles. The predicted octanol–water partition coefficient (Wildman–Crippen LogP) is 3.57. The summed E-state index contributed by atoms with van der Waals surface area (Å²) in [5, 5.41) is 0. The third-order valence-corrected chi connectivity index (χ3v) is 6.60. The van der Waals surface area contributed by atoms with Crippen LogP contribution in [0.5, 0.6) is 0 Å². The van der Waals surface area contributed by atoms with Gasteiger partial charge in [-0.15, -0.1) is 0 Å². The Morgan fingerprint density at radius 1 is 1.03 bits per heavy atom. The predicted molar refractivity (Wildman–Crippen MR) is 115 cm³/mol. The zero-order chi connectivity index (χ0) is 21.7. The van der Waals surface area contributed by atoms with Gasteiger partial charge in [0.1, 0.15) is 0 Å². The number of carbonyl (C=O) groups is 3. The van der Waals surface area contributed by atoms with E-state index in [1.54, 1.807) is 16.7 Å². The number of nitrogens with zero attached hydrogens (tertiary/aromatic N) is 2. The third kappa shape index (κ3) is 5.21. The molecule has 164 valence electrons. The van der Waals surface area contributed by atoms with Crippen molar-refractivity contribution in [1.82, 2.24) is 9.80 Å². The summed E-state index contributed by atoms with van der Waals surface area (Å²) in [6.45, 7) is 4.64. The van der Waals surface area contributed by atoms with E-state index in [2.05, 4.69) is 0 Å². The second-order valence-corrected chi connectivity index (χ2v) is 8.70. The molecule has 1 saturated carbocycles. The summed E-state index contributed by atoms with van der Waals surface area (Å²) in [6, 6.07) is 7.81. The highest BCUT2D eigenvalue weighted by molar-refractivity contribution is 5.95. The van der Waals surface area contributed by atoms with Gasteiger partial charge in [-0.05, 0) is 51.2 Å². The fourth-order valence-corrected chi connectivity index (χ4v) is 4.56. The van der Waals surface area contributed by atoms with Crippen molar-refractivity contribution in [2.45, 2.75) is 70.9 Å². The lowest BCUT2D eigenvalue weighted by molar-refractivity contribution is -0.164. The first-order valence-electron chi connectivity index (χ1n) is 11.2. The smallest absolute Gasteiger partial charge is 0.309 e. The van der Waals surface area contributed by atoms with Crippen molar-refractivity contribution < 1.29 is 19.1 Å². The number of hydrogen-bond donors (Lipinski definition) is 0. The molecule has 1 atom stereocenters. The van der Waals surface area contributed by atoms with Crippen molar-refractivity contribution in [3.05, 3.63) is 35.4 Å². The van der Waals surface area contributed by atoms with Gasteiger partial charge in [0.05, 0.1) is 5.92 Å². The first kappa shape index (κ1) is 22.3. The minimum absolute atomic E-state index is 0.0116. The molecule has 6 heteroatoms. The Morgan fingerprint density at radius 2 is 1.67 bits per heavy atom. The lowest BCUT2D eigenvalue weighted by Gasteiger charge is -2.34. The van der Waals surface area contributed by atoms with Gasteiger partial charge in [-0.2, -0.15) is 0 Å². The van der Waals surface area contributed by atoms with Gasteiger partial charge in [-0.25, -0.2) is 0 Å². The van der Waals surface area contributed by atoms with E-state index >= 15 is 0 Å². The van der Waals surface area contributed by atoms with E-state index in [0.717, 1.165) is 31.2 Å². The normalized spacial score (nSPS) is 19.2. The summed E-state index contributed by atoms with van der Waals surface area (Å²) in [4.78, 5) is 41.6. The standard InChI is InChI=1S/C24H34N2O4/c1-17-9-7-8-12-21(17)23(28)26-15-13-19(14-16-26)24(29)30-18(2)22(27)25(3)20-10-5-4-6-11-20/h7-9,12,18-20H,4-6,10-11,13-16H2,1-3H3. The Morgan fingerprint density at radius 3 is 2.30 bits per heavy atom. The van der Waals surface area contributed by atoms with E-state index in [4.69, 9.17) is 4.74 Å². The molecule has 2 amide bonds. The van der Waals surface area contributed by atoms with Crippen LogP contribution in [0.2, 0.25) is 0 Å². The number of piperidine rings is 1. The van der Waals surface area contributed by atoms with Crippen molar-refractivity contribution in [2.75, 3.05) is 20.1 Å². The molecule has 2 aliphatic rings. The van der Waals surface area contributed by atoms with Gasteiger partial charge in [-0.3, -0.25) is 14.4 Å². The van der Waals surface area contributed by atoms with E-state index in [9.17, 15) is 14.4 Å². The summed E-state index contributed by atoms with van der Waals surface area (Å²) in [7, 11) is 1.82. The maximum absolute atomic E-state index is 12.7. The largest absolute Gasteiger partial charge is 0.452 e. The number of amides is 2. The Kier molecular flexibility index (Phi) is 7.51. The molecule has 1 heterocycles. The van der Waals surface area contributed by atoms with Crippen LogP contribution in [0.4, 0.5) is 0 Å². The van der Waals surface area contributed by atoms with Crippen molar-refractivity contribution in [1.29, 1.82) is 0 Å². The molecule has 3 rings (SSSR count). The average molecular weight is 415 g/mol. The lowest BCUT2D eigenvalue weighted by atomic mass is 9.94. The highest BCUT2D eigenvalue weighted by Gasteiger charge is 2.33. The van der Waals surface area contributed by atoms with Gasteiger partial charge >= 0.3 is 5.97 Å². The van der Waals surface area contributed by atoms with Gasteiger partial charge in [0, 0.05) is 31.7 Å². The molecule has 1 aromatic rings. The summed E-state index contributed by atoms with van der Waals surface area (Å²) in [5.41, 5.74) is 1.67. The molecular weight excluding hydrogens is 380 g/mol. The minimum atomic E-state index is -0.768. The highest BCUT2D eigenvalue weighted by Crippen LogP contribution is 2.24. The second-order valence-electron chi connectivity index (χ2n) is 8.70. The van der Waals surface area contributed by atoms with Crippen molar-refractivity contribution in [2.24, 2.45) is 5.92 Å². The molecule has 30 heavy (non-hydrogen) atoms. The van der Waals surface area contributed by atoms with Gasteiger partial charge in [0.2, 0.25) is 0 Å². The van der Waals surface area contributed by atoms with Gasteiger partial charge in [0.25, 0.3) is 11.8 Å². The minimum Gasteiger partial charge on any atom is -0.452 e. The summed E-state index contributed by atoms with van der Waals surface area (Å²) in [5.74, 6) is -0.697. The van der Waals surface area contributed by atoms with Crippen LogP contribution in [0.1, 0.15) is 67.8 Å². The number of carbonyl (C=O) groups excluding carboxylic acids is 3. The monoisotopic (exact) mass is 414 g/mol. The summed E-state index contributed by atoms with van der Waals surface area (Å²) < 4.78 is 5.53. The topological polar surface area (TPSA) is 66.9 Å². The maximum atomic E-state index is 12.7. The Balaban J connectivity index is 1.48. The molecule has 0 N–H and O–H groups in total. The molecule has 1 aliphatic carbocycles. The van der Waals surface area contributed by atoms with E-state index in [1.807, 2.05) is 38.2 Å². The van der Waals surface area contributed by atoms with E-state index in [-0.39, 0.29) is 29.7 Å². The van der Waals surface area contributed by atoms with Gasteiger partial charge < -0.3 is 14.5 Å².